The maximum absolute atomic E-state index is 12.8. The van der Waals surface area contributed by atoms with Crippen molar-refractivity contribution in [3.8, 4) is 22.9 Å². The van der Waals surface area contributed by atoms with Crippen LogP contribution in [0.1, 0.15) is 18.7 Å². The van der Waals surface area contributed by atoms with Crippen LogP contribution in [0.3, 0.4) is 0 Å². The molecule has 8 nitrogen and oxygen atoms in total. The van der Waals surface area contributed by atoms with Crippen molar-refractivity contribution in [2.45, 2.75) is 19.4 Å². The van der Waals surface area contributed by atoms with E-state index < -0.39 is 0 Å². The van der Waals surface area contributed by atoms with E-state index in [0.29, 0.717) is 35.4 Å². The fourth-order valence-electron chi connectivity index (χ4n) is 3.70. The first-order valence-electron chi connectivity index (χ1n) is 10.3. The summed E-state index contributed by atoms with van der Waals surface area (Å²) >= 11 is 0. The molecule has 1 amide bonds. The average molecular weight is 422 g/mol. The second kappa shape index (κ2) is 9.61. The molecule has 0 spiro atoms. The molecule has 0 saturated carbocycles. The fraction of sp³-hybridized carbons (Fsp3) is 0.348. The zero-order chi connectivity index (χ0) is 21.6. The van der Waals surface area contributed by atoms with Crippen LogP contribution in [-0.2, 0) is 11.3 Å². The van der Waals surface area contributed by atoms with Crippen LogP contribution in [0.2, 0.25) is 0 Å². The third-order valence-electron chi connectivity index (χ3n) is 5.48. The Kier molecular flexibility index (Phi) is 6.47. The Hall–Kier alpha value is -3.39. The number of hydrogen-bond acceptors (Lipinski definition) is 7. The Morgan fingerprint density at radius 1 is 1.13 bits per heavy atom. The molecule has 0 aliphatic carbocycles. The number of nitrogens with one attached hydrogen (secondary N) is 1. The zero-order valence-electron chi connectivity index (χ0n) is 17.7. The third-order valence-corrected chi connectivity index (χ3v) is 5.48. The summed E-state index contributed by atoms with van der Waals surface area (Å²) in [5.41, 5.74) is 1.58. The van der Waals surface area contributed by atoms with Crippen molar-refractivity contribution in [1.82, 2.24) is 15.0 Å². The quantitative estimate of drug-likeness (QED) is 0.622. The molecular weight excluding hydrogens is 396 g/mol. The molecule has 1 saturated heterocycles. The van der Waals surface area contributed by atoms with E-state index in [1.807, 2.05) is 30.3 Å². The monoisotopic (exact) mass is 422 g/mol. The maximum Gasteiger partial charge on any atom is 0.241 e. The Balaban J connectivity index is 1.30. The van der Waals surface area contributed by atoms with Gasteiger partial charge >= 0.3 is 0 Å². The van der Waals surface area contributed by atoms with Crippen LogP contribution in [0, 0.1) is 5.92 Å². The Morgan fingerprint density at radius 3 is 2.61 bits per heavy atom. The number of ether oxygens (including phenoxy) is 2. The number of aromatic nitrogens is 2. The molecule has 2 aromatic carbocycles. The number of likely N-dealkylation sites (tertiary alicyclic amines) is 1. The van der Waals surface area contributed by atoms with Crippen molar-refractivity contribution in [3.63, 3.8) is 0 Å². The predicted molar refractivity (Wildman–Crippen MR) is 116 cm³/mol. The van der Waals surface area contributed by atoms with Gasteiger partial charge in [-0.05, 0) is 38.1 Å². The Bertz CT molecular complexity index is 1010. The lowest BCUT2D eigenvalue weighted by molar-refractivity contribution is -0.121. The van der Waals surface area contributed by atoms with Crippen molar-refractivity contribution in [2.75, 3.05) is 32.6 Å². The molecule has 31 heavy (non-hydrogen) atoms. The number of rotatable bonds is 7. The van der Waals surface area contributed by atoms with Gasteiger partial charge in [0.1, 0.15) is 11.5 Å². The van der Waals surface area contributed by atoms with Crippen molar-refractivity contribution in [3.05, 3.63) is 54.4 Å². The lowest BCUT2D eigenvalue weighted by Gasteiger charge is -2.30. The summed E-state index contributed by atoms with van der Waals surface area (Å²) in [4.78, 5) is 19.5. The molecule has 0 bridgehead atoms. The highest BCUT2D eigenvalue weighted by Gasteiger charge is 2.26. The molecule has 1 fully saturated rings. The molecule has 4 rings (SSSR count). The number of methoxy groups -OCH3 is 2. The van der Waals surface area contributed by atoms with Gasteiger partial charge in [0.05, 0.1) is 26.5 Å². The van der Waals surface area contributed by atoms with Crippen LogP contribution < -0.4 is 14.8 Å². The Morgan fingerprint density at radius 2 is 1.90 bits per heavy atom. The number of carbonyl (C=O) groups excluding carboxylic acids is 1. The van der Waals surface area contributed by atoms with E-state index in [0.717, 1.165) is 31.5 Å². The minimum Gasteiger partial charge on any atom is -0.497 e. The van der Waals surface area contributed by atoms with Crippen LogP contribution in [0.25, 0.3) is 11.4 Å². The van der Waals surface area contributed by atoms with Gasteiger partial charge in [-0.1, -0.05) is 35.5 Å². The average Bonchev–Trinajstić information content (AvgIpc) is 3.29. The van der Waals surface area contributed by atoms with E-state index in [-0.39, 0.29) is 11.8 Å². The summed E-state index contributed by atoms with van der Waals surface area (Å²) in [6.45, 7) is 2.17. The fourth-order valence-corrected chi connectivity index (χ4v) is 3.70. The van der Waals surface area contributed by atoms with Crippen LogP contribution in [0.4, 0.5) is 5.69 Å². The van der Waals surface area contributed by atoms with Gasteiger partial charge in [-0.3, -0.25) is 9.69 Å². The number of benzene rings is 2. The summed E-state index contributed by atoms with van der Waals surface area (Å²) in [5.74, 6) is 2.40. The van der Waals surface area contributed by atoms with E-state index >= 15 is 0 Å². The summed E-state index contributed by atoms with van der Waals surface area (Å²) in [6, 6.07) is 15.1. The lowest BCUT2D eigenvalue weighted by Crippen LogP contribution is -2.37. The first-order chi connectivity index (χ1) is 15.2. The maximum atomic E-state index is 12.8. The van der Waals surface area contributed by atoms with Gasteiger partial charge in [0, 0.05) is 17.5 Å². The van der Waals surface area contributed by atoms with Gasteiger partial charge in [-0.2, -0.15) is 4.98 Å². The highest BCUT2D eigenvalue weighted by molar-refractivity contribution is 5.94. The van der Waals surface area contributed by atoms with Crippen molar-refractivity contribution in [2.24, 2.45) is 5.92 Å². The number of amides is 1. The molecule has 162 valence electrons. The first kappa shape index (κ1) is 20.9. The highest BCUT2D eigenvalue weighted by Crippen LogP contribution is 2.30. The molecule has 8 heteroatoms. The number of nitrogens with zero attached hydrogens (tertiary/aromatic N) is 3. The van der Waals surface area contributed by atoms with Crippen molar-refractivity contribution < 1.29 is 18.8 Å². The molecule has 2 heterocycles. The summed E-state index contributed by atoms with van der Waals surface area (Å²) in [7, 11) is 3.17. The summed E-state index contributed by atoms with van der Waals surface area (Å²) in [5, 5.41) is 7.06. The molecule has 1 N–H and O–H groups in total. The standard InChI is InChI=1S/C23H26N4O4/c1-29-18-8-9-19(20(14-18)30-2)24-23(28)17-10-12-27(13-11-17)15-21-25-22(26-31-21)16-6-4-3-5-7-16/h3-9,14,17H,10-13,15H2,1-2H3,(H,24,28). The van der Waals surface area contributed by atoms with Gasteiger partial charge in [-0.25, -0.2) is 0 Å². The van der Waals surface area contributed by atoms with Crippen molar-refractivity contribution in [1.29, 1.82) is 0 Å². The van der Waals surface area contributed by atoms with E-state index in [2.05, 4.69) is 20.4 Å². The molecule has 1 aliphatic heterocycles. The van der Waals surface area contributed by atoms with Gasteiger partial charge in [0.25, 0.3) is 0 Å². The van der Waals surface area contributed by atoms with E-state index in [1.165, 1.54) is 0 Å². The highest BCUT2D eigenvalue weighted by atomic mass is 16.5. The molecule has 0 radical (unpaired) electrons. The molecule has 1 aliphatic rings. The van der Waals surface area contributed by atoms with Gasteiger partial charge in [0.15, 0.2) is 0 Å². The number of hydrogen-bond donors (Lipinski definition) is 1. The smallest absolute Gasteiger partial charge is 0.241 e. The van der Waals surface area contributed by atoms with E-state index in [4.69, 9.17) is 14.0 Å². The molecule has 1 aromatic heterocycles. The number of anilines is 1. The van der Waals surface area contributed by atoms with Crippen molar-refractivity contribution >= 4 is 11.6 Å². The number of piperidine rings is 1. The van der Waals surface area contributed by atoms with Gasteiger partial charge in [0.2, 0.25) is 17.6 Å². The SMILES string of the molecule is COc1ccc(NC(=O)C2CCN(Cc3nc(-c4ccccc4)no3)CC2)c(OC)c1. The molecular formula is C23H26N4O4. The second-order valence-corrected chi connectivity index (χ2v) is 7.48. The van der Waals surface area contributed by atoms with Crippen LogP contribution in [0.5, 0.6) is 11.5 Å². The normalized spacial score (nSPS) is 14.9. The Labute approximate surface area is 181 Å². The van der Waals surface area contributed by atoms with Gasteiger partial charge in [-0.15, -0.1) is 0 Å². The first-order valence-corrected chi connectivity index (χ1v) is 10.3. The third kappa shape index (κ3) is 5.03. The summed E-state index contributed by atoms with van der Waals surface area (Å²) < 4.78 is 16.0. The topological polar surface area (TPSA) is 89.7 Å². The predicted octanol–water partition coefficient (Wildman–Crippen LogP) is 3.60. The van der Waals surface area contributed by atoms with Crippen LogP contribution >= 0.6 is 0 Å². The lowest BCUT2D eigenvalue weighted by atomic mass is 9.96. The minimum absolute atomic E-state index is 0.00673. The minimum atomic E-state index is -0.0503. The summed E-state index contributed by atoms with van der Waals surface area (Å²) in [6.07, 6.45) is 1.54. The zero-order valence-corrected chi connectivity index (χ0v) is 17.7. The molecule has 0 unspecified atom stereocenters. The van der Waals surface area contributed by atoms with Crippen LogP contribution in [0.15, 0.2) is 53.1 Å². The molecule has 3 aromatic rings. The van der Waals surface area contributed by atoms with Crippen LogP contribution in [-0.4, -0.2) is 48.3 Å². The second-order valence-electron chi connectivity index (χ2n) is 7.48. The van der Waals surface area contributed by atoms with E-state index in [1.54, 1.807) is 32.4 Å². The largest absolute Gasteiger partial charge is 0.497 e. The number of carbonyl (C=O) groups is 1. The van der Waals surface area contributed by atoms with E-state index in [9.17, 15) is 4.79 Å². The van der Waals surface area contributed by atoms with Gasteiger partial charge < -0.3 is 19.3 Å². The molecule has 0 atom stereocenters.